The lowest BCUT2D eigenvalue weighted by Crippen LogP contribution is -2.36. The van der Waals surface area contributed by atoms with Crippen LogP contribution in [0, 0.1) is 5.92 Å². The third-order valence-corrected chi connectivity index (χ3v) is 5.39. The van der Waals surface area contributed by atoms with Crippen molar-refractivity contribution in [2.45, 2.75) is 58.8 Å². The van der Waals surface area contributed by atoms with Crippen molar-refractivity contribution in [2.24, 2.45) is 5.92 Å². The van der Waals surface area contributed by atoms with Crippen LogP contribution in [0.2, 0.25) is 0 Å². The number of hydrogen-bond acceptors (Lipinski definition) is 3. The Balaban J connectivity index is 2.20. The average molecular weight is 374 g/mol. The highest BCUT2D eigenvalue weighted by Gasteiger charge is 2.23. The van der Waals surface area contributed by atoms with Gasteiger partial charge in [0.05, 0.1) is 5.56 Å². The van der Waals surface area contributed by atoms with E-state index in [-0.39, 0.29) is 17.7 Å². The Kier molecular flexibility index (Phi) is 8.14. The first kappa shape index (κ1) is 21.3. The lowest BCUT2D eigenvalue weighted by molar-refractivity contribution is -0.120. The Bertz CT molecular complexity index is 636. The van der Waals surface area contributed by atoms with Crippen molar-refractivity contribution in [3.63, 3.8) is 0 Å². The predicted molar refractivity (Wildman–Crippen MR) is 112 cm³/mol. The first-order valence-electron chi connectivity index (χ1n) is 10.4. The van der Waals surface area contributed by atoms with E-state index in [0.717, 1.165) is 57.3 Å². The van der Waals surface area contributed by atoms with Gasteiger partial charge in [0.15, 0.2) is 0 Å². The van der Waals surface area contributed by atoms with E-state index in [0.29, 0.717) is 11.3 Å². The summed E-state index contributed by atoms with van der Waals surface area (Å²) in [5.74, 6) is 0.146. The molecule has 2 amide bonds. The second kappa shape index (κ2) is 10.3. The van der Waals surface area contributed by atoms with E-state index in [1.165, 1.54) is 6.42 Å². The van der Waals surface area contributed by atoms with Crippen molar-refractivity contribution < 1.29 is 9.59 Å². The normalized spacial score (nSPS) is 15.3. The fourth-order valence-corrected chi connectivity index (χ4v) is 3.66. The molecular formula is C22H35N3O2. The van der Waals surface area contributed by atoms with Gasteiger partial charge < -0.3 is 15.1 Å². The second-order valence-corrected chi connectivity index (χ2v) is 7.72. The van der Waals surface area contributed by atoms with Crippen LogP contribution in [0.5, 0.6) is 0 Å². The summed E-state index contributed by atoms with van der Waals surface area (Å²) in [4.78, 5) is 29.6. The van der Waals surface area contributed by atoms with Crippen LogP contribution in [-0.4, -0.2) is 43.9 Å². The van der Waals surface area contributed by atoms with Crippen LogP contribution < -0.4 is 10.2 Å². The van der Waals surface area contributed by atoms with E-state index < -0.39 is 0 Å². The van der Waals surface area contributed by atoms with Crippen molar-refractivity contribution >= 4 is 23.2 Å². The van der Waals surface area contributed by atoms with Crippen molar-refractivity contribution in [3.8, 4) is 0 Å². The molecule has 1 N–H and O–H groups in total. The molecule has 1 aliphatic heterocycles. The van der Waals surface area contributed by atoms with Gasteiger partial charge in [0.2, 0.25) is 5.91 Å². The molecule has 1 saturated heterocycles. The van der Waals surface area contributed by atoms with Gasteiger partial charge in [0.25, 0.3) is 5.91 Å². The van der Waals surface area contributed by atoms with Gasteiger partial charge in [-0.2, -0.15) is 0 Å². The fourth-order valence-electron chi connectivity index (χ4n) is 3.66. The second-order valence-electron chi connectivity index (χ2n) is 7.72. The van der Waals surface area contributed by atoms with Gasteiger partial charge >= 0.3 is 0 Å². The first-order chi connectivity index (χ1) is 13.0. The molecule has 1 atom stereocenters. The number of anilines is 2. The molecule has 0 aromatic heterocycles. The fraction of sp³-hybridized carbons (Fsp3) is 0.636. The summed E-state index contributed by atoms with van der Waals surface area (Å²) in [5.41, 5.74) is 2.27. The topological polar surface area (TPSA) is 52.7 Å². The minimum absolute atomic E-state index is 0.0275. The summed E-state index contributed by atoms with van der Waals surface area (Å²) in [5, 5.41) is 3.04. The molecule has 1 heterocycles. The standard InChI is InChI=1S/C22H35N3O2/c1-5-7-11-17(6-2)21(26)23-18-12-13-20(24(3)4)19(16-18)22(27)25-14-9-8-10-15-25/h12-13,16-17H,5-11,14-15H2,1-4H3,(H,23,26)/t17-/m0/s1. The molecule has 150 valence electrons. The summed E-state index contributed by atoms with van der Waals surface area (Å²) < 4.78 is 0. The summed E-state index contributed by atoms with van der Waals surface area (Å²) in [6.45, 7) is 5.83. The molecule has 0 unspecified atom stereocenters. The number of benzene rings is 1. The monoisotopic (exact) mass is 373 g/mol. The average Bonchev–Trinajstić information content (AvgIpc) is 2.68. The number of piperidine rings is 1. The Morgan fingerprint density at radius 2 is 1.85 bits per heavy atom. The molecule has 1 aliphatic rings. The number of amides is 2. The minimum atomic E-state index is 0.0275. The maximum absolute atomic E-state index is 13.1. The molecule has 0 spiro atoms. The highest BCUT2D eigenvalue weighted by atomic mass is 16.2. The number of carbonyl (C=O) groups excluding carboxylic acids is 2. The molecule has 27 heavy (non-hydrogen) atoms. The molecule has 5 nitrogen and oxygen atoms in total. The highest BCUT2D eigenvalue weighted by Crippen LogP contribution is 2.26. The molecule has 1 fully saturated rings. The zero-order valence-electron chi connectivity index (χ0n) is 17.4. The third-order valence-electron chi connectivity index (χ3n) is 5.39. The molecule has 2 rings (SSSR count). The third kappa shape index (κ3) is 5.72. The maximum atomic E-state index is 13.1. The van der Waals surface area contributed by atoms with E-state index in [4.69, 9.17) is 0 Å². The maximum Gasteiger partial charge on any atom is 0.256 e. The minimum Gasteiger partial charge on any atom is -0.377 e. The molecule has 0 bridgehead atoms. The van der Waals surface area contributed by atoms with E-state index in [9.17, 15) is 9.59 Å². The van der Waals surface area contributed by atoms with Crippen molar-refractivity contribution in [2.75, 3.05) is 37.4 Å². The van der Waals surface area contributed by atoms with Crippen LogP contribution in [0.25, 0.3) is 0 Å². The van der Waals surface area contributed by atoms with Crippen molar-refractivity contribution in [1.82, 2.24) is 4.90 Å². The number of hydrogen-bond donors (Lipinski definition) is 1. The molecule has 5 heteroatoms. The highest BCUT2D eigenvalue weighted by molar-refractivity contribution is 6.02. The summed E-state index contributed by atoms with van der Waals surface area (Å²) in [6.07, 6.45) is 7.22. The Morgan fingerprint density at radius 3 is 2.44 bits per heavy atom. The quantitative estimate of drug-likeness (QED) is 0.728. The van der Waals surface area contributed by atoms with E-state index in [2.05, 4.69) is 19.2 Å². The van der Waals surface area contributed by atoms with Gasteiger partial charge in [0, 0.05) is 44.5 Å². The lowest BCUT2D eigenvalue weighted by Gasteiger charge is -2.29. The molecule has 1 aromatic carbocycles. The molecule has 0 aliphatic carbocycles. The molecule has 1 aromatic rings. The number of nitrogens with one attached hydrogen (secondary N) is 1. The number of carbonyl (C=O) groups is 2. The van der Waals surface area contributed by atoms with Gasteiger partial charge in [-0.25, -0.2) is 0 Å². The summed E-state index contributed by atoms with van der Waals surface area (Å²) >= 11 is 0. The van der Waals surface area contributed by atoms with E-state index in [1.54, 1.807) is 0 Å². The van der Waals surface area contributed by atoms with E-state index >= 15 is 0 Å². The summed E-state index contributed by atoms with van der Waals surface area (Å²) in [6, 6.07) is 5.67. The Morgan fingerprint density at radius 1 is 1.15 bits per heavy atom. The Labute approximate surface area is 164 Å². The van der Waals surface area contributed by atoms with Crippen LogP contribution in [-0.2, 0) is 4.79 Å². The smallest absolute Gasteiger partial charge is 0.256 e. The van der Waals surface area contributed by atoms with Gasteiger partial charge in [-0.15, -0.1) is 0 Å². The largest absolute Gasteiger partial charge is 0.377 e. The van der Waals surface area contributed by atoms with Crippen molar-refractivity contribution in [3.05, 3.63) is 23.8 Å². The zero-order chi connectivity index (χ0) is 19.8. The van der Waals surface area contributed by atoms with Crippen LogP contribution in [0.1, 0.15) is 69.2 Å². The number of rotatable bonds is 8. The van der Waals surface area contributed by atoms with Crippen LogP contribution >= 0.6 is 0 Å². The van der Waals surface area contributed by atoms with Crippen molar-refractivity contribution in [1.29, 1.82) is 0 Å². The Hall–Kier alpha value is -2.04. The van der Waals surface area contributed by atoms with E-state index in [1.807, 2.05) is 42.1 Å². The van der Waals surface area contributed by atoms with Crippen LogP contribution in [0.4, 0.5) is 11.4 Å². The van der Waals surface area contributed by atoms with Crippen LogP contribution in [0.3, 0.4) is 0 Å². The van der Waals surface area contributed by atoms with Gasteiger partial charge in [-0.05, 0) is 50.3 Å². The zero-order valence-corrected chi connectivity index (χ0v) is 17.4. The molecular weight excluding hydrogens is 338 g/mol. The summed E-state index contributed by atoms with van der Waals surface area (Å²) in [7, 11) is 3.89. The van der Waals surface area contributed by atoms with Gasteiger partial charge in [0.1, 0.15) is 0 Å². The van der Waals surface area contributed by atoms with Crippen LogP contribution in [0.15, 0.2) is 18.2 Å². The predicted octanol–water partition coefficient (Wildman–Crippen LogP) is 4.53. The first-order valence-corrected chi connectivity index (χ1v) is 10.4. The lowest BCUT2D eigenvalue weighted by atomic mass is 9.98. The number of unbranched alkanes of at least 4 members (excludes halogenated alkanes) is 1. The number of likely N-dealkylation sites (tertiary alicyclic amines) is 1. The SMILES string of the molecule is CCCC[C@H](CC)C(=O)Nc1ccc(N(C)C)c(C(=O)N2CCCCC2)c1. The molecule has 0 radical (unpaired) electrons. The van der Waals surface area contributed by atoms with Gasteiger partial charge in [-0.3, -0.25) is 9.59 Å². The number of nitrogens with zero attached hydrogens (tertiary/aromatic N) is 2. The molecule has 0 saturated carbocycles. The van der Waals surface area contributed by atoms with Gasteiger partial charge in [-0.1, -0.05) is 26.7 Å².